The Morgan fingerprint density at radius 3 is 2.34 bits per heavy atom. The van der Waals surface area contributed by atoms with Crippen LogP contribution in [0.2, 0.25) is 0 Å². The molecular formula is C30H29NO4. The zero-order valence-electron chi connectivity index (χ0n) is 20.5. The largest absolute Gasteiger partial charge is 0.496 e. The molecule has 0 saturated heterocycles. The molecule has 178 valence electrons. The molecule has 0 N–H and O–H groups in total. The quantitative estimate of drug-likeness (QED) is 0.309. The molecule has 35 heavy (non-hydrogen) atoms. The molecule has 1 heterocycles. The molecule has 0 aromatic heterocycles. The summed E-state index contributed by atoms with van der Waals surface area (Å²) in [4.78, 5) is 27.6. The number of fused-ring (bicyclic) bond motifs is 1. The summed E-state index contributed by atoms with van der Waals surface area (Å²) in [6, 6.07) is 20.9. The average molecular weight is 468 g/mol. The Kier molecular flexibility index (Phi) is 6.61. The Bertz CT molecular complexity index is 1320. The number of amides is 1. The third kappa shape index (κ3) is 4.50. The van der Waals surface area contributed by atoms with Gasteiger partial charge in [-0.3, -0.25) is 9.69 Å². The molecule has 5 heteroatoms. The number of ether oxygens (including phenoxy) is 2. The van der Waals surface area contributed by atoms with Gasteiger partial charge in [-0.05, 0) is 56.2 Å². The Morgan fingerprint density at radius 2 is 1.66 bits per heavy atom. The highest BCUT2D eigenvalue weighted by molar-refractivity contribution is 6.10. The van der Waals surface area contributed by atoms with E-state index in [1.165, 1.54) is 0 Å². The van der Waals surface area contributed by atoms with Gasteiger partial charge in [-0.15, -0.1) is 0 Å². The van der Waals surface area contributed by atoms with Crippen LogP contribution in [-0.4, -0.2) is 24.5 Å². The van der Waals surface area contributed by atoms with E-state index in [1.807, 2.05) is 92.4 Å². The maximum absolute atomic E-state index is 13.7. The van der Waals surface area contributed by atoms with Crippen molar-refractivity contribution in [3.8, 4) is 16.9 Å². The molecule has 0 fully saturated rings. The second kappa shape index (κ2) is 9.63. The van der Waals surface area contributed by atoms with Crippen molar-refractivity contribution in [2.45, 2.75) is 32.9 Å². The first kappa shape index (κ1) is 24.0. The number of anilines is 1. The number of carbonyl (C=O) groups excluding carboxylic acids is 2. The van der Waals surface area contributed by atoms with Crippen LogP contribution < -0.4 is 9.64 Å². The van der Waals surface area contributed by atoms with Gasteiger partial charge in [0.05, 0.1) is 18.3 Å². The number of benzene rings is 3. The van der Waals surface area contributed by atoms with Crippen LogP contribution in [0.25, 0.3) is 16.7 Å². The molecule has 5 nitrogen and oxygen atoms in total. The summed E-state index contributed by atoms with van der Waals surface area (Å²) < 4.78 is 11.2. The van der Waals surface area contributed by atoms with E-state index in [0.29, 0.717) is 11.3 Å². The molecule has 0 aliphatic carbocycles. The Hall–Kier alpha value is -4.12. The third-order valence-electron chi connectivity index (χ3n) is 6.22. The zero-order chi connectivity index (χ0) is 25.2. The molecule has 3 aromatic carbocycles. The molecule has 1 aliphatic rings. The van der Waals surface area contributed by atoms with Crippen molar-refractivity contribution >= 4 is 23.1 Å². The summed E-state index contributed by atoms with van der Waals surface area (Å²) in [5, 5.41) is 0. The fourth-order valence-corrected chi connectivity index (χ4v) is 4.79. The maximum Gasteiger partial charge on any atom is 0.330 e. The third-order valence-corrected chi connectivity index (χ3v) is 6.22. The Balaban J connectivity index is 1.97. The normalized spacial score (nSPS) is 13.9. The van der Waals surface area contributed by atoms with Crippen molar-refractivity contribution in [3.05, 3.63) is 102 Å². The average Bonchev–Trinajstić information content (AvgIpc) is 2.86. The number of allylic oxidation sites excluding steroid dienone is 1. The summed E-state index contributed by atoms with van der Waals surface area (Å²) in [6.07, 6.45) is 3.23. The van der Waals surface area contributed by atoms with Gasteiger partial charge in [0.1, 0.15) is 12.4 Å². The number of esters is 1. The standard InChI is InChI=1S/C30H29NO4/c1-6-27(32)35-19-24-22(23-14-10-11-15-26(23)34-5)16-17-25-28(24)20(2)18-30(3,4)31(25)29(33)21-12-8-7-9-13-21/h6-18H,1,19H2,2-5H3. The minimum absolute atomic E-state index is 0.0282. The van der Waals surface area contributed by atoms with Gasteiger partial charge >= 0.3 is 5.97 Å². The van der Waals surface area contributed by atoms with Crippen molar-refractivity contribution < 1.29 is 19.1 Å². The number of carbonyl (C=O) groups is 2. The predicted octanol–water partition coefficient (Wildman–Crippen LogP) is 6.43. The van der Waals surface area contributed by atoms with Crippen LogP contribution in [0, 0.1) is 0 Å². The lowest BCUT2D eigenvalue weighted by Crippen LogP contribution is -2.49. The van der Waals surface area contributed by atoms with Gasteiger partial charge in [-0.1, -0.05) is 55.1 Å². The second-order valence-electron chi connectivity index (χ2n) is 8.99. The minimum Gasteiger partial charge on any atom is -0.496 e. The van der Waals surface area contributed by atoms with Gasteiger partial charge in [-0.25, -0.2) is 4.79 Å². The first-order chi connectivity index (χ1) is 16.8. The molecule has 0 radical (unpaired) electrons. The van der Waals surface area contributed by atoms with E-state index in [0.717, 1.165) is 39.6 Å². The maximum atomic E-state index is 13.7. The predicted molar refractivity (Wildman–Crippen MR) is 139 cm³/mol. The minimum atomic E-state index is -0.564. The lowest BCUT2D eigenvalue weighted by atomic mass is 9.83. The molecular weight excluding hydrogens is 438 g/mol. The molecule has 0 unspecified atom stereocenters. The van der Waals surface area contributed by atoms with E-state index < -0.39 is 11.5 Å². The summed E-state index contributed by atoms with van der Waals surface area (Å²) in [5.74, 6) is 0.0991. The van der Waals surface area contributed by atoms with Crippen molar-refractivity contribution in [2.24, 2.45) is 0 Å². The number of para-hydroxylation sites is 1. The lowest BCUT2D eigenvalue weighted by molar-refractivity contribution is -0.138. The van der Waals surface area contributed by atoms with Crippen LogP contribution in [-0.2, 0) is 16.1 Å². The first-order valence-electron chi connectivity index (χ1n) is 11.5. The van der Waals surface area contributed by atoms with E-state index >= 15 is 0 Å². The molecule has 3 aromatic rings. The number of hydrogen-bond donors (Lipinski definition) is 0. The van der Waals surface area contributed by atoms with Crippen LogP contribution >= 0.6 is 0 Å². The second-order valence-corrected chi connectivity index (χ2v) is 8.99. The Labute approximate surface area is 206 Å². The van der Waals surface area contributed by atoms with Crippen molar-refractivity contribution in [1.82, 2.24) is 0 Å². The zero-order valence-corrected chi connectivity index (χ0v) is 20.5. The van der Waals surface area contributed by atoms with Crippen molar-refractivity contribution in [1.29, 1.82) is 0 Å². The van der Waals surface area contributed by atoms with E-state index in [1.54, 1.807) is 7.11 Å². The highest BCUT2D eigenvalue weighted by atomic mass is 16.5. The fraction of sp³-hybridized carbons (Fsp3) is 0.200. The van der Waals surface area contributed by atoms with E-state index in [2.05, 4.69) is 12.7 Å². The van der Waals surface area contributed by atoms with Crippen LogP contribution in [0.15, 0.2) is 85.5 Å². The fourth-order valence-electron chi connectivity index (χ4n) is 4.79. The van der Waals surface area contributed by atoms with E-state index in [-0.39, 0.29) is 12.5 Å². The first-order valence-corrected chi connectivity index (χ1v) is 11.5. The molecule has 0 spiro atoms. The van der Waals surface area contributed by atoms with Crippen molar-refractivity contribution in [3.63, 3.8) is 0 Å². The van der Waals surface area contributed by atoms with Gasteiger partial charge in [0, 0.05) is 28.3 Å². The van der Waals surface area contributed by atoms with Crippen LogP contribution in [0.1, 0.15) is 42.3 Å². The van der Waals surface area contributed by atoms with Crippen LogP contribution in [0.3, 0.4) is 0 Å². The van der Waals surface area contributed by atoms with Crippen LogP contribution in [0.4, 0.5) is 5.69 Å². The molecule has 0 bridgehead atoms. The highest BCUT2D eigenvalue weighted by Gasteiger charge is 2.38. The molecule has 1 amide bonds. The smallest absolute Gasteiger partial charge is 0.330 e. The number of nitrogens with zero attached hydrogens (tertiary/aromatic N) is 1. The summed E-state index contributed by atoms with van der Waals surface area (Å²) in [5.41, 5.74) is 5.24. The van der Waals surface area contributed by atoms with Gasteiger partial charge in [0.15, 0.2) is 0 Å². The molecule has 0 atom stereocenters. The lowest BCUT2D eigenvalue weighted by Gasteiger charge is -2.42. The summed E-state index contributed by atoms with van der Waals surface area (Å²) in [7, 11) is 1.63. The van der Waals surface area contributed by atoms with Crippen LogP contribution in [0.5, 0.6) is 5.75 Å². The van der Waals surface area contributed by atoms with Gasteiger partial charge in [0.25, 0.3) is 5.91 Å². The monoisotopic (exact) mass is 467 g/mol. The van der Waals surface area contributed by atoms with E-state index in [9.17, 15) is 9.59 Å². The SMILES string of the molecule is C=CC(=O)OCc1c(-c2ccccc2OC)ccc2c1C(C)=CC(C)(C)N2C(=O)c1ccccc1. The van der Waals surface area contributed by atoms with Gasteiger partial charge < -0.3 is 9.47 Å². The number of hydrogen-bond acceptors (Lipinski definition) is 4. The highest BCUT2D eigenvalue weighted by Crippen LogP contribution is 2.45. The summed E-state index contributed by atoms with van der Waals surface area (Å²) in [6.45, 7) is 9.60. The molecule has 4 rings (SSSR count). The van der Waals surface area contributed by atoms with E-state index in [4.69, 9.17) is 9.47 Å². The van der Waals surface area contributed by atoms with Gasteiger partial charge in [0.2, 0.25) is 0 Å². The number of rotatable bonds is 6. The molecule has 0 saturated carbocycles. The Morgan fingerprint density at radius 1 is 0.971 bits per heavy atom. The van der Waals surface area contributed by atoms with Crippen molar-refractivity contribution in [2.75, 3.05) is 12.0 Å². The topological polar surface area (TPSA) is 55.8 Å². The summed E-state index contributed by atoms with van der Waals surface area (Å²) >= 11 is 0. The molecule has 1 aliphatic heterocycles. The number of methoxy groups -OCH3 is 1. The van der Waals surface area contributed by atoms with Gasteiger partial charge in [-0.2, -0.15) is 0 Å².